The summed E-state index contributed by atoms with van der Waals surface area (Å²) in [4.78, 5) is 8.85. The summed E-state index contributed by atoms with van der Waals surface area (Å²) in [6.45, 7) is 0. The zero-order valence-corrected chi connectivity index (χ0v) is 12.5. The van der Waals surface area contributed by atoms with Gasteiger partial charge in [-0.05, 0) is 31.9 Å². The molecule has 1 aromatic carbocycles. The molecule has 0 aliphatic heterocycles. The van der Waals surface area contributed by atoms with Crippen LogP contribution in [0.4, 0.5) is 0 Å². The SMILES string of the molecule is Brc1ncc(Br)c2sc(-c3ccccc3)nc12. The number of pyridine rings is 1. The highest BCUT2D eigenvalue weighted by molar-refractivity contribution is 9.11. The minimum atomic E-state index is 0.786. The highest BCUT2D eigenvalue weighted by Crippen LogP contribution is 2.36. The van der Waals surface area contributed by atoms with E-state index in [1.807, 2.05) is 18.2 Å². The molecule has 2 nitrogen and oxygen atoms in total. The van der Waals surface area contributed by atoms with Gasteiger partial charge in [-0.1, -0.05) is 30.3 Å². The third kappa shape index (κ3) is 2.03. The van der Waals surface area contributed by atoms with Crippen molar-refractivity contribution in [2.45, 2.75) is 0 Å². The minimum absolute atomic E-state index is 0.786. The molecule has 0 aliphatic rings. The first-order valence-electron chi connectivity index (χ1n) is 4.91. The molecule has 0 saturated heterocycles. The lowest BCUT2D eigenvalue weighted by atomic mass is 10.2. The van der Waals surface area contributed by atoms with E-state index in [0.29, 0.717) is 0 Å². The first-order chi connectivity index (χ1) is 8.25. The quantitative estimate of drug-likeness (QED) is 0.571. The van der Waals surface area contributed by atoms with Gasteiger partial charge in [0.15, 0.2) is 0 Å². The van der Waals surface area contributed by atoms with Gasteiger partial charge in [0.25, 0.3) is 0 Å². The van der Waals surface area contributed by atoms with Gasteiger partial charge in [0, 0.05) is 11.8 Å². The Labute approximate surface area is 119 Å². The van der Waals surface area contributed by atoms with Crippen LogP contribution in [0.3, 0.4) is 0 Å². The lowest BCUT2D eigenvalue weighted by molar-refractivity contribution is 1.28. The largest absolute Gasteiger partial charge is 0.246 e. The average molecular weight is 370 g/mol. The van der Waals surface area contributed by atoms with Crippen molar-refractivity contribution in [1.29, 1.82) is 0 Å². The number of hydrogen-bond acceptors (Lipinski definition) is 3. The van der Waals surface area contributed by atoms with E-state index in [2.05, 4.69) is 54.0 Å². The maximum Gasteiger partial charge on any atom is 0.133 e. The molecule has 0 radical (unpaired) electrons. The summed E-state index contributed by atoms with van der Waals surface area (Å²) >= 11 is 8.60. The van der Waals surface area contributed by atoms with Crippen LogP contribution in [0.5, 0.6) is 0 Å². The van der Waals surface area contributed by atoms with E-state index in [1.165, 1.54) is 0 Å². The Morgan fingerprint density at radius 1 is 1.06 bits per heavy atom. The Morgan fingerprint density at radius 3 is 2.53 bits per heavy atom. The number of halogens is 2. The molecular weight excluding hydrogens is 364 g/mol. The zero-order valence-electron chi connectivity index (χ0n) is 8.52. The Balaban J connectivity index is 2.27. The van der Waals surface area contributed by atoms with Crippen LogP contribution in [0.2, 0.25) is 0 Å². The Kier molecular flexibility index (Phi) is 2.98. The number of hydrogen-bond donors (Lipinski definition) is 0. The molecule has 17 heavy (non-hydrogen) atoms. The number of fused-ring (bicyclic) bond motifs is 1. The highest BCUT2D eigenvalue weighted by Gasteiger charge is 2.11. The molecule has 5 heteroatoms. The number of aromatic nitrogens is 2. The van der Waals surface area contributed by atoms with Gasteiger partial charge in [0.05, 0.1) is 9.17 Å². The molecule has 84 valence electrons. The Bertz CT molecular complexity index is 641. The van der Waals surface area contributed by atoms with Crippen molar-refractivity contribution in [1.82, 2.24) is 9.97 Å². The van der Waals surface area contributed by atoms with Crippen molar-refractivity contribution in [3.05, 3.63) is 45.6 Å². The predicted molar refractivity (Wildman–Crippen MR) is 78.3 cm³/mol. The van der Waals surface area contributed by atoms with Gasteiger partial charge in [0.1, 0.15) is 15.1 Å². The van der Waals surface area contributed by atoms with Crippen LogP contribution in [-0.4, -0.2) is 9.97 Å². The van der Waals surface area contributed by atoms with Gasteiger partial charge < -0.3 is 0 Å². The fourth-order valence-corrected chi connectivity index (χ4v) is 3.59. The van der Waals surface area contributed by atoms with Gasteiger partial charge in [-0.25, -0.2) is 9.97 Å². The molecule has 2 aromatic heterocycles. The standard InChI is InChI=1S/C12H6Br2N2S/c13-8-6-15-11(14)9-10(8)17-12(16-9)7-4-2-1-3-5-7/h1-6H. The molecule has 0 atom stereocenters. The van der Waals surface area contributed by atoms with Crippen molar-refractivity contribution < 1.29 is 0 Å². The second-order valence-corrected chi connectivity index (χ2v) is 6.06. The summed E-state index contributed by atoms with van der Waals surface area (Å²) in [7, 11) is 0. The second kappa shape index (κ2) is 4.48. The molecule has 2 heterocycles. The first kappa shape index (κ1) is 11.3. The Morgan fingerprint density at radius 2 is 1.82 bits per heavy atom. The van der Waals surface area contributed by atoms with Crippen LogP contribution < -0.4 is 0 Å². The highest BCUT2D eigenvalue weighted by atomic mass is 79.9. The van der Waals surface area contributed by atoms with Crippen LogP contribution in [0, 0.1) is 0 Å². The van der Waals surface area contributed by atoms with Crippen molar-refractivity contribution in [2.24, 2.45) is 0 Å². The molecule has 0 fully saturated rings. The number of thiazole rings is 1. The van der Waals surface area contributed by atoms with Gasteiger partial charge >= 0.3 is 0 Å². The lowest BCUT2D eigenvalue weighted by Crippen LogP contribution is -1.79. The number of nitrogens with zero attached hydrogens (tertiary/aromatic N) is 2. The van der Waals surface area contributed by atoms with E-state index < -0.39 is 0 Å². The van der Waals surface area contributed by atoms with Crippen molar-refractivity contribution in [3.8, 4) is 10.6 Å². The van der Waals surface area contributed by atoms with E-state index in [0.717, 1.165) is 29.9 Å². The molecule has 0 spiro atoms. The molecule has 3 aromatic rings. The van der Waals surface area contributed by atoms with E-state index >= 15 is 0 Å². The van der Waals surface area contributed by atoms with E-state index in [-0.39, 0.29) is 0 Å². The molecule has 0 amide bonds. The van der Waals surface area contributed by atoms with Gasteiger partial charge in [0.2, 0.25) is 0 Å². The third-order valence-corrected chi connectivity index (χ3v) is 4.93. The monoisotopic (exact) mass is 368 g/mol. The summed E-state index contributed by atoms with van der Waals surface area (Å²) in [6.07, 6.45) is 1.79. The maximum atomic E-state index is 4.62. The molecule has 0 unspecified atom stereocenters. The van der Waals surface area contributed by atoms with Crippen LogP contribution >= 0.6 is 43.2 Å². The lowest BCUT2D eigenvalue weighted by Gasteiger charge is -1.92. The molecule has 0 bridgehead atoms. The summed E-state index contributed by atoms with van der Waals surface area (Å²) in [5.41, 5.74) is 2.04. The van der Waals surface area contributed by atoms with Crippen LogP contribution in [0.1, 0.15) is 0 Å². The predicted octanol–water partition coefficient (Wildman–Crippen LogP) is 4.88. The summed E-state index contributed by atoms with van der Waals surface area (Å²) in [5, 5.41) is 1.01. The molecule has 0 aliphatic carbocycles. The third-order valence-electron chi connectivity index (χ3n) is 2.35. The normalized spacial score (nSPS) is 10.9. The summed E-state index contributed by atoms with van der Waals surface area (Å²) in [5.74, 6) is 0. The second-order valence-electron chi connectivity index (χ2n) is 3.46. The fraction of sp³-hybridized carbons (Fsp3) is 0. The first-order valence-corrected chi connectivity index (χ1v) is 7.32. The van der Waals surface area contributed by atoms with E-state index in [4.69, 9.17) is 0 Å². The smallest absolute Gasteiger partial charge is 0.133 e. The molecule has 0 saturated carbocycles. The van der Waals surface area contributed by atoms with Gasteiger partial charge in [-0.15, -0.1) is 11.3 Å². The van der Waals surface area contributed by atoms with Gasteiger partial charge in [-0.2, -0.15) is 0 Å². The van der Waals surface area contributed by atoms with Crippen molar-refractivity contribution >= 4 is 53.4 Å². The van der Waals surface area contributed by atoms with Crippen molar-refractivity contribution in [3.63, 3.8) is 0 Å². The van der Waals surface area contributed by atoms with Crippen LogP contribution in [-0.2, 0) is 0 Å². The van der Waals surface area contributed by atoms with E-state index in [9.17, 15) is 0 Å². The topological polar surface area (TPSA) is 25.8 Å². The maximum absolute atomic E-state index is 4.62. The molecular formula is C12H6Br2N2S. The average Bonchev–Trinajstić information content (AvgIpc) is 2.81. The van der Waals surface area contributed by atoms with E-state index in [1.54, 1.807) is 17.5 Å². The minimum Gasteiger partial charge on any atom is -0.246 e. The van der Waals surface area contributed by atoms with Crippen LogP contribution in [0.15, 0.2) is 45.6 Å². The molecule has 3 rings (SSSR count). The van der Waals surface area contributed by atoms with Gasteiger partial charge in [-0.3, -0.25) is 0 Å². The zero-order chi connectivity index (χ0) is 11.8. The fourth-order valence-electron chi connectivity index (χ4n) is 1.56. The van der Waals surface area contributed by atoms with Crippen molar-refractivity contribution in [2.75, 3.05) is 0 Å². The van der Waals surface area contributed by atoms with Crippen LogP contribution in [0.25, 0.3) is 20.8 Å². The summed E-state index contributed by atoms with van der Waals surface area (Å²) in [6, 6.07) is 10.2. The molecule has 0 N–H and O–H groups in total. The Hall–Kier alpha value is -0.780. The number of benzene rings is 1. The number of rotatable bonds is 1. The summed E-state index contributed by atoms with van der Waals surface area (Å²) < 4.78 is 2.88.